The molecule has 0 aliphatic heterocycles. The average Bonchev–Trinajstić information content (AvgIpc) is 3.61. The van der Waals surface area contributed by atoms with Gasteiger partial charge in [0.05, 0.1) is 17.1 Å². The van der Waals surface area contributed by atoms with Crippen molar-refractivity contribution in [3.8, 4) is 22.3 Å². The second-order valence-corrected chi connectivity index (χ2v) is 18.2. The lowest BCUT2D eigenvalue weighted by Crippen LogP contribution is -2.17. The smallest absolute Gasteiger partial charge is 0.148 e. The van der Waals surface area contributed by atoms with Gasteiger partial charge < -0.3 is 9.80 Å². The van der Waals surface area contributed by atoms with Crippen LogP contribution in [0.3, 0.4) is 0 Å². The van der Waals surface area contributed by atoms with Crippen LogP contribution in [0.25, 0.3) is 76.1 Å². The normalized spacial score (nSPS) is 12.9. The summed E-state index contributed by atoms with van der Waals surface area (Å²) in [6.07, 6.45) is 0. The van der Waals surface area contributed by atoms with Gasteiger partial charge in [0.25, 0.3) is 0 Å². The maximum atomic E-state index is 17.6. The molecule has 3 heteroatoms. The van der Waals surface area contributed by atoms with Gasteiger partial charge in [-0.25, -0.2) is 4.39 Å². The molecule has 1 aliphatic carbocycles. The molecule has 0 heterocycles. The molecule has 13 rings (SSSR count). The van der Waals surface area contributed by atoms with E-state index in [1.807, 2.05) is 66.7 Å². The van der Waals surface area contributed by atoms with Crippen LogP contribution in [-0.2, 0) is 5.41 Å². The minimum absolute atomic E-state index is 0.161. The van der Waals surface area contributed by atoms with E-state index >= 15 is 4.39 Å². The van der Waals surface area contributed by atoms with Crippen molar-refractivity contribution in [3.05, 3.63) is 241 Å². The SMILES string of the molecule is CC1(C)c2cccc3ccc4cc(N(c5ccccc5)c5ccc6ccc7c(N(c8ccccc8)c8c(F)cc(-c9ccccc9)cc8-c8ccccc8)ccc8ccc5c6c87)cc1c4c23. The molecule has 0 fully saturated rings. The zero-order chi connectivity index (χ0) is 44.1. The lowest BCUT2D eigenvalue weighted by atomic mass is 9.81. The zero-order valence-electron chi connectivity index (χ0n) is 36.6. The summed E-state index contributed by atoms with van der Waals surface area (Å²) < 4.78 is 17.6. The molecule has 12 aromatic carbocycles. The molecule has 0 atom stereocenters. The third kappa shape index (κ3) is 5.73. The molecule has 0 spiro atoms. The molecule has 0 N–H and O–H groups in total. The summed E-state index contributed by atoms with van der Waals surface area (Å²) in [5, 5.41) is 12.1. The predicted octanol–water partition coefficient (Wildman–Crippen LogP) is 17.9. The summed E-state index contributed by atoms with van der Waals surface area (Å²) in [5.41, 5.74) is 11.7. The van der Waals surface area contributed by atoms with Gasteiger partial charge in [-0.05, 0) is 132 Å². The number of hydrogen-bond acceptors (Lipinski definition) is 2. The van der Waals surface area contributed by atoms with Gasteiger partial charge in [0.2, 0.25) is 0 Å². The Labute approximate surface area is 383 Å². The molecule has 0 bridgehead atoms. The standard InChI is InChI=1S/C63H43FN2/c1-63(2)53-25-15-20-42-26-27-45-36-49(39-54(63)61(45)60(42)53)65(47-21-11-5-12-22-47)56-34-30-43-29-33-51-57(35-31-44-28-32-50(56)58(43)59(44)51)66(48-23-13-6-14-24-48)62-52(41-18-9-4-10-19-41)37-46(38-55(62)64)40-16-7-3-8-17-40/h3-39H,1-2H3. The summed E-state index contributed by atoms with van der Waals surface area (Å²) in [5.74, 6) is -0.295. The molecule has 1 aliphatic rings. The van der Waals surface area contributed by atoms with Gasteiger partial charge in [0, 0.05) is 38.8 Å². The summed E-state index contributed by atoms with van der Waals surface area (Å²) in [6, 6.07) is 79.2. The van der Waals surface area contributed by atoms with Crippen LogP contribution < -0.4 is 9.80 Å². The Kier molecular flexibility index (Phi) is 8.47. The molecule has 66 heavy (non-hydrogen) atoms. The van der Waals surface area contributed by atoms with Gasteiger partial charge in [-0.1, -0.05) is 178 Å². The second-order valence-electron chi connectivity index (χ2n) is 18.2. The van der Waals surface area contributed by atoms with Crippen LogP contribution in [0.5, 0.6) is 0 Å². The Hall–Kier alpha value is -8.27. The van der Waals surface area contributed by atoms with Crippen molar-refractivity contribution < 1.29 is 4.39 Å². The van der Waals surface area contributed by atoms with Crippen LogP contribution in [0.15, 0.2) is 224 Å². The van der Waals surface area contributed by atoms with E-state index in [2.05, 4.69) is 175 Å². The van der Waals surface area contributed by atoms with Gasteiger partial charge in [-0.15, -0.1) is 0 Å². The van der Waals surface area contributed by atoms with Crippen molar-refractivity contribution in [1.82, 2.24) is 0 Å². The lowest BCUT2D eigenvalue weighted by Gasteiger charge is -2.31. The van der Waals surface area contributed by atoms with E-state index in [-0.39, 0.29) is 11.2 Å². The van der Waals surface area contributed by atoms with Gasteiger partial charge in [0.15, 0.2) is 0 Å². The highest BCUT2D eigenvalue weighted by Crippen LogP contribution is 2.53. The predicted molar refractivity (Wildman–Crippen MR) is 277 cm³/mol. The number of nitrogens with zero attached hydrogens (tertiary/aromatic N) is 2. The summed E-state index contributed by atoms with van der Waals surface area (Å²) in [6.45, 7) is 4.73. The van der Waals surface area contributed by atoms with E-state index in [1.54, 1.807) is 6.07 Å². The molecule has 0 radical (unpaired) electrons. The van der Waals surface area contributed by atoms with Crippen LogP contribution in [-0.4, -0.2) is 0 Å². The van der Waals surface area contributed by atoms with E-state index in [0.29, 0.717) is 5.69 Å². The Balaban J connectivity index is 1.06. The summed E-state index contributed by atoms with van der Waals surface area (Å²) >= 11 is 0. The molecule has 2 nitrogen and oxygen atoms in total. The number of anilines is 6. The first kappa shape index (κ1) is 38.2. The quantitative estimate of drug-likeness (QED) is 0.141. The largest absolute Gasteiger partial charge is 0.310 e. The van der Waals surface area contributed by atoms with Crippen molar-refractivity contribution in [2.45, 2.75) is 19.3 Å². The third-order valence-corrected chi connectivity index (χ3v) is 14.2. The summed E-state index contributed by atoms with van der Waals surface area (Å²) in [7, 11) is 0. The van der Waals surface area contributed by atoms with Crippen LogP contribution >= 0.6 is 0 Å². The minimum atomic E-state index is -0.295. The molecular formula is C63H43FN2. The van der Waals surface area contributed by atoms with Crippen LogP contribution in [0.4, 0.5) is 38.5 Å². The monoisotopic (exact) mass is 846 g/mol. The van der Waals surface area contributed by atoms with Crippen LogP contribution in [0.2, 0.25) is 0 Å². The first-order valence-corrected chi connectivity index (χ1v) is 22.8. The molecule has 12 aromatic rings. The fraction of sp³-hybridized carbons (Fsp3) is 0.0476. The highest BCUT2D eigenvalue weighted by Gasteiger charge is 2.35. The topological polar surface area (TPSA) is 6.48 Å². The van der Waals surface area contributed by atoms with Crippen LogP contribution in [0, 0.1) is 5.82 Å². The maximum absolute atomic E-state index is 17.6. The number of benzene rings is 12. The highest BCUT2D eigenvalue weighted by atomic mass is 19.1. The third-order valence-electron chi connectivity index (χ3n) is 14.2. The second kappa shape index (κ2) is 14.6. The first-order valence-electron chi connectivity index (χ1n) is 22.8. The molecule has 0 aromatic heterocycles. The Bertz CT molecular complexity index is 3840. The number of para-hydroxylation sites is 2. The van der Waals surface area contributed by atoms with E-state index in [0.717, 1.165) is 77.6 Å². The fourth-order valence-corrected chi connectivity index (χ4v) is 11.1. The molecule has 0 saturated carbocycles. The Morgan fingerprint density at radius 2 is 0.848 bits per heavy atom. The molecular weight excluding hydrogens is 804 g/mol. The van der Waals surface area contributed by atoms with Crippen molar-refractivity contribution in [1.29, 1.82) is 0 Å². The zero-order valence-corrected chi connectivity index (χ0v) is 36.6. The summed E-state index contributed by atoms with van der Waals surface area (Å²) in [4.78, 5) is 4.57. The average molecular weight is 847 g/mol. The van der Waals surface area contributed by atoms with Gasteiger partial charge in [0.1, 0.15) is 5.82 Å². The van der Waals surface area contributed by atoms with Crippen molar-refractivity contribution in [3.63, 3.8) is 0 Å². The number of halogens is 1. The highest BCUT2D eigenvalue weighted by molar-refractivity contribution is 6.28. The van der Waals surface area contributed by atoms with Crippen LogP contribution in [0.1, 0.15) is 25.0 Å². The first-order chi connectivity index (χ1) is 32.4. The van der Waals surface area contributed by atoms with Gasteiger partial charge in [-0.2, -0.15) is 0 Å². The van der Waals surface area contributed by atoms with E-state index in [4.69, 9.17) is 0 Å². The Morgan fingerprint density at radius 1 is 0.348 bits per heavy atom. The van der Waals surface area contributed by atoms with Gasteiger partial charge >= 0.3 is 0 Å². The minimum Gasteiger partial charge on any atom is -0.310 e. The molecule has 0 saturated heterocycles. The fourth-order valence-electron chi connectivity index (χ4n) is 11.1. The number of hydrogen-bond donors (Lipinski definition) is 0. The lowest BCUT2D eigenvalue weighted by molar-refractivity contribution is 0.630. The molecule has 0 unspecified atom stereocenters. The van der Waals surface area contributed by atoms with Gasteiger partial charge in [-0.3, -0.25) is 0 Å². The Morgan fingerprint density at radius 3 is 1.48 bits per heavy atom. The van der Waals surface area contributed by atoms with Crippen molar-refractivity contribution >= 4 is 88.0 Å². The van der Waals surface area contributed by atoms with E-state index in [1.165, 1.54) is 38.1 Å². The molecule has 0 amide bonds. The van der Waals surface area contributed by atoms with Crippen molar-refractivity contribution in [2.75, 3.05) is 9.80 Å². The number of rotatable bonds is 8. The maximum Gasteiger partial charge on any atom is 0.148 e. The van der Waals surface area contributed by atoms with Crippen molar-refractivity contribution in [2.24, 2.45) is 0 Å². The molecule has 312 valence electrons. The van der Waals surface area contributed by atoms with E-state index < -0.39 is 0 Å². The van der Waals surface area contributed by atoms with E-state index in [9.17, 15) is 0 Å².